The summed E-state index contributed by atoms with van der Waals surface area (Å²) in [5, 5.41) is 4.40. The zero-order chi connectivity index (χ0) is 10.5. The van der Waals surface area contributed by atoms with Crippen molar-refractivity contribution in [3.63, 3.8) is 0 Å². The minimum atomic E-state index is 0.107. The van der Waals surface area contributed by atoms with Gasteiger partial charge in [-0.1, -0.05) is 6.08 Å². The highest BCUT2D eigenvalue weighted by Crippen LogP contribution is 2.54. The van der Waals surface area contributed by atoms with E-state index in [9.17, 15) is 0 Å². The number of aryl methyl sites for hydroxylation is 1. The Morgan fingerprint density at radius 3 is 3.07 bits per heavy atom. The highest BCUT2D eigenvalue weighted by molar-refractivity contribution is 5.35. The molecule has 0 saturated heterocycles. The van der Waals surface area contributed by atoms with Crippen molar-refractivity contribution < 1.29 is 4.74 Å². The van der Waals surface area contributed by atoms with Crippen LogP contribution in [-0.4, -0.2) is 16.9 Å². The van der Waals surface area contributed by atoms with Gasteiger partial charge in [-0.2, -0.15) is 5.10 Å². The first-order chi connectivity index (χ1) is 7.24. The monoisotopic (exact) mass is 202 g/mol. The maximum absolute atomic E-state index is 5.22. The Kier molecular flexibility index (Phi) is 1.61. The molecular weight excluding hydrogens is 188 g/mol. The summed E-state index contributed by atoms with van der Waals surface area (Å²) in [4.78, 5) is 0. The molecule has 1 heterocycles. The van der Waals surface area contributed by atoms with Crippen LogP contribution in [0.25, 0.3) is 0 Å². The first-order valence-corrected chi connectivity index (χ1v) is 5.21. The van der Waals surface area contributed by atoms with Crippen LogP contribution in [0.15, 0.2) is 36.4 Å². The summed E-state index contributed by atoms with van der Waals surface area (Å²) in [5.74, 6) is 1.52. The summed E-state index contributed by atoms with van der Waals surface area (Å²) in [6, 6.07) is 0. The minimum absolute atomic E-state index is 0.107. The van der Waals surface area contributed by atoms with Gasteiger partial charge in [0.1, 0.15) is 5.76 Å². The zero-order valence-corrected chi connectivity index (χ0v) is 8.97. The largest absolute Gasteiger partial charge is 0.497 e. The van der Waals surface area contributed by atoms with Gasteiger partial charge in [0, 0.05) is 12.1 Å². The van der Waals surface area contributed by atoms with E-state index in [1.807, 2.05) is 12.3 Å². The summed E-state index contributed by atoms with van der Waals surface area (Å²) < 4.78 is 7.29. The Morgan fingerprint density at radius 1 is 1.60 bits per heavy atom. The Balaban J connectivity index is 1.93. The van der Waals surface area contributed by atoms with Gasteiger partial charge in [-0.25, -0.2) is 0 Å². The van der Waals surface area contributed by atoms with Crippen LogP contribution in [0, 0.1) is 12.8 Å². The van der Waals surface area contributed by atoms with Gasteiger partial charge in [0.25, 0.3) is 0 Å². The van der Waals surface area contributed by atoms with Crippen molar-refractivity contribution in [1.82, 2.24) is 9.78 Å². The molecule has 2 atom stereocenters. The summed E-state index contributed by atoms with van der Waals surface area (Å²) in [6.07, 6.45) is 11.6. The molecule has 1 aromatic heterocycles. The third-order valence-electron chi connectivity index (χ3n) is 3.30. The van der Waals surface area contributed by atoms with E-state index < -0.39 is 0 Å². The molecule has 1 fully saturated rings. The van der Waals surface area contributed by atoms with Gasteiger partial charge in [-0.05, 0) is 31.1 Å². The van der Waals surface area contributed by atoms with Crippen molar-refractivity contribution in [2.45, 2.75) is 18.9 Å². The van der Waals surface area contributed by atoms with Crippen molar-refractivity contribution in [2.75, 3.05) is 7.11 Å². The van der Waals surface area contributed by atoms with Crippen LogP contribution in [0.1, 0.15) is 12.0 Å². The van der Waals surface area contributed by atoms with Crippen molar-refractivity contribution in [3.8, 4) is 0 Å². The molecule has 3 nitrogen and oxygen atoms in total. The fourth-order valence-electron chi connectivity index (χ4n) is 2.28. The quantitative estimate of drug-likeness (QED) is 0.733. The first kappa shape index (κ1) is 8.77. The SMILES string of the molecule is COC1=CC2CC2(n2cc(C)cn2)C=C1. The summed E-state index contributed by atoms with van der Waals surface area (Å²) in [5.41, 5.74) is 1.32. The van der Waals surface area contributed by atoms with Gasteiger partial charge in [-0.3, -0.25) is 4.68 Å². The van der Waals surface area contributed by atoms with Crippen LogP contribution in [0.4, 0.5) is 0 Å². The topological polar surface area (TPSA) is 27.1 Å². The van der Waals surface area contributed by atoms with Gasteiger partial charge >= 0.3 is 0 Å². The number of ether oxygens (including phenoxy) is 1. The second-order valence-corrected chi connectivity index (χ2v) is 4.37. The van der Waals surface area contributed by atoms with Crippen molar-refractivity contribution >= 4 is 0 Å². The van der Waals surface area contributed by atoms with Gasteiger partial charge in [0.15, 0.2) is 0 Å². The molecular formula is C12H14N2O. The van der Waals surface area contributed by atoms with Gasteiger partial charge < -0.3 is 4.74 Å². The minimum Gasteiger partial charge on any atom is -0.497 e. The lowest BCUT2D eigenvalue weighted by molar-refractivity contribution is 0.300. The van der Waals surface area contributed by atoms with Crippen molar-refractivity contribution in [3.05, 3.63) is 41.9 Å². The summed E-state index contributed by atoms with van der Waals surface area (Å²) in [6.45, 7) is 2.07. The first-order valence-electron chi connectivity index (χ1n) is 5.21. The molecule has 78 valence electrons. The van der Waals surface area contributed by atoms with E-state index in [1.165, 1.54) is 5.56 Å². The number of methoxy groups -OCH3 is 1. The average Bonchev–Trinajstić information content (AvgIpc) is 2.84. The lowest BCUT2D eigenvalue weighted by atomic mass is 10.1. The van der Waals surface area contributed by atoms with E-state index >= 15 is 0 Å². The van der Waals surface area contributed by atoms with Crippen molar-refractivity contribution in [1.29, 1.82) is 0 Å². The Hall–Kier alpha value is -1.51. The maximum atomic E-state index is 5.22. The molecule has 2 unspecified atom stereocenters. The third kappa shape index (κ3) is 1.16. The lowest BCUT2D eigenvalue weighted by Crippen LogP contribution is -2.19. The fraction of sp³-hybridized carbons (Fsp3) is 0.417. The van der Waals surface area contributed by atoms with E-state index in [4.69, 9.17) is 4.74 Å². The highest BCUT2D eigenvalue weighted by atomic mass is 16.5. The molecule has 0 aromatic carbocycles. The summed E-state index contributed by atoms with van der Waals surface area (Å²) >= 11 is 0. The number of fused-ring (bicyclic) bond motifs is 1. The van der Waals surface area contributed by atoms with Crippen LogP contribution in [0.5, 0.6) is 0 Å². The van der Waals surface area contributed by atoms with E-state index in [0.717, 1.165) is 12.2 Å². The molecule has 3 heteroatoms. The molecule has 0 amide bonds. The number of rotatable bonds is 2. The maximum Gasteiger partial charge on any atom is 0.115 e. The van der Waals surface area contributed by atoms with Crippen LogP contribution >= 0.6 is 0 Å². The van der Waals surface area contributed by atoms with Crippen LogP contribution in [0.2, 0.25) is 0 Å². The number of allylic oxidation sites excluding steroid dienone is 3. The van der Waals surface area contributed by atoms with E-state index in [-0.39, 0.29) is 5.54 Å². The predicted octanol–water partition coefficient (Wildman–Crippen LogP) is 2.01. The second-order valence-electron chi connectivity index (χ2n) is 4.37. The molecule has 0 aliphatic heterocycles. The van der Waals surface area contributed by atoms with E-state index in [1.54, 1.807) is 7.11 Å². The Labute approximate surface area is 89.0 Å². The van der Waals surface area contributed by atoms with Crippen LogP contribution in [-0.2, 0) is 10.3 Å². The van der Waals surface area contributed by atoms with Crippen LogP contribution < -0.4 is 0 Å². The number of aromatic nitrogens is 2. The third-order valence-corrected chi connectivity index (χ3v) is 3.30. The number of hydrogen-bond acceptors (Lipinski definition) is 2. The molecule has 1 aromatic rings. The molecule has 2 aliphatic rings. The lowest BCUT2D eigenvalue weighted by Gasteiger charge is -2.16. The molecule has 15 heavy (non-hydrogen) atoms. The zero-order valence-electron chi connectivity index (χ0n) is 8.97. The highest BCUT2D eigenvalue weighted by Gasteiger charge is 2.55. The second kappa shape index (κ2) is 2.75. The van der Waals surface area contributed by atoms with Gasteiger partial charge in [0.05, 0.1) is 18.8 Å². The van der Waals surface area contributed by atoms with Gasteiger partial charge in [-0.15, -0.1) is 0 Å². The molecule has 3 rings (SSSR count). The smallest absolute Gasteiger partial charge is 0.115 e. The average molecular weight is 202 g/mol. The molecule has 0 spiro atoms. The molecule has 1 saturated carbocycles. The molecule has 0 bridgehead atoms. The van der Waals surface area contributed by atoms with E-state index in [2.05, 4.69) is 35.1 Å². The van der Waals surface area contributed by atoms with Crippen molar-refractivity contribution in [2.24, 2.45) is 5.92 Å². The van der Waals surface area contributed by atoms with Gasteiger partial charge in [0.2, 0.25) is 0 Å². The molecule has 0 N–H and O–H groups in total. The summed E-state index contributed by atoms with van der Waals surface area (Å²) in [7, 11) is 1.71. The molecule has 2 aliphatic carbocycles. The van der Waals surface area contributed by atoms with Crippen LogP contribution in [0.3, 0.4) is 0 Å². The molecule has 0 radical (unpaired) electrons. The number of nitrogens with zero attached hydrogens (tertiary/aromatic N) is 2. The Morgan fingerprint density at radius 2 is 2.47 bits per heavy atom. The number of hydrogen-bond donors (Lipinski definition) is 0. The fourth-order valence-corrected chi connectivity index (χ4v) is 2.28. The van der Waals surface area contributed by atoms with E-state index in [0.29, 0.717) is 5.92 Å². The standard InChI is InChI=1S/C12H14N2O/c1-9-7-13-14(8-9)12-4-3-11(15-2)5-10(12)6-12/h3-5,7-8,10H,6H2,1-2H3. The predicted molar refractivity (Wildman–Crippen MR) is 57.3 cm³/mol. The normalized spacial score (nSPS) is 32.1. The Bertz CT molecular complexity index is 458.